The van der Waals surface area contributed by atoms with E-state index in [0.29, 0.717) is 0 Å². The van der Waals surface area contributed by atoms with E-state index in [1.807, 2.05) is 14.2 Å². The average Bonchev–Trinajstić information content (AvgIpc) is 1.81. The fourth-order valence-electron chi connectivity index (χ4n) is 11.9. The van der Waals surface area contributed by atoms with Crippen molar-refractivity contribution in [1.82, 2.24) is 0 Å². The molecule has 0 aromatic heterocycles. The zero-order chi connectivity index (χ0) is 58.0. The Hall–Kier alpha value is -7.96. The molecule has 0 spiro atoms. The number of rotatable bonds is 31. The molecule has 0 saturated heterocycles. The highest BCUT2D eigenvalue weighted by atomic mass is 16.5. The Morgan fingerprint density at radius 2 is 0.464 bits per heavy atom. The Morgan fingerprint density at radius 3 is 0.714 bits per heavy atom. The summed E-state index contributed by atoms with van der Waals surface area (Å²) in [6.45, 7) is 11.9. The highest BCUT2D eigenvalue weighted by Gasteiger charge is 2.24. The van der Waals surface area contributed by atoms with Crippen molar-refractivity contribution in [2.75, 3.05) is 40.6 Å². The van der Waals surface area contributed by atoms with Gasteiger partial charge in [-0.3, -0.25) is 0 Å². The maximum absolute atomic E-state index is 6.61. The first-order valence-electron chi connectivity index (χ1n) is 31.5. The maximum Gasteiger partial charge on any atom is 0.134 e. The Bertz CT molecular complexity index is 3480. The average molecular weight is 1120 g/mol. The minimum absolute atomic E-state index is 0.721. The molecule has 10 aromatic carbocycles. The Balaban J connectivity index is 1.17. The molecule has 0 aliphatic carbocycles. The lowest BCUT2D eigenvalue weighted by Gasteiger charge is -2.23. The van der Waals surface area contributed by atoms with Gasteiger partial charge in [0, 0.05) is 21.5 Å². The standard InChI is InChI=1S/C78H86O6/c1-7-11-15-19-47-81-63-35-23-55(24-36-63)59-33-45-69-71(51-59)75(67-43-31-61(53-73(67)77(69)79-5)57-27-39-65(40-28-57)83-49-21-17-13-9-3)76-68-44-32-62(58-29-41-66(42-30-58)84-50-22-18-14-10-4)54-74(68)78(80-6)70-46-34-60(52-72(70)76)56-25-37-64(38-26-56)82-48-20-16-12-8-2/h23-46,51-54H,7-22,47-50H2,1-6H3. The molecule has 0 aliphatic heterocycles. The van der Waals surface area contributed by atoms with Crippen molar-refractivity contribution in [3.63, 3.8) is 0 Å². The quantitative estimate of drug-likeness (QED) is 0.0319. The summed E-state index contributed by atoms with van der Waals surface area (Å²) in [4.78, 5) is 0. The summed E-state index contributed by atoms with van der Waals surface area (Å²) < 4.78 is 38.1. The molecular formula is C78H86O6. The smallest absolute Gasteiger partial charge is 0.134 e. The number of ether oxygens (including phenoxy) is 6. The predicted octanol–water partition coefficient (Wildman–Crippen LogP) is 22.5. The van der Waals surface area contributed by atoms with Crippen molar-refractivity contribution >= 4 is 43.1 Å². The van der Waals surface area contributed by atoms with Crippen LogP contribution in [0.25, 0.3) is 98.7 Å². The van der Waals surface area contributed by atoms with Crippen molar-refractivity contribution < 1.29 is 28.4 Å². The van der Waals surface area contributed by atoms with Gasteiger partial charge in [-0.15, -0.1) is 0 Å². The predicted molar refractivity (Wildman–Crippen MR) is 355 cm³/mol. The number of hydrogen-bond donors (Lipinski definition) is 0. The highest BCUT2D eigenvalue weighted by molar-refractivity contribution is 6.27. The third-order valence-corrected chi connectivity index (χ3v) is 16.6. The Morgan fingerprint density at radius 1 is 0.226 bits per heavy atom. The van der Waals surface area contributed by atoms with Gasteiger partial charge in [0.05, 0.1) is 40.6 Å². The molecule has 6 nitrogen and oxygen atoms in total. The van der Waals surface area contributed by atoms with E-state index in [1.165, 1.54) is 77.0 Å². The number of hydrogen-bond acceptors (Lipinski definition) is 6. The lowest BCUT2D eigenvalue weighted by atomic mass is 9.83. The van der Waals surface area contributed by atoms with Crippen LogP contribution in [0.3, 0.4) is 0 Å². The largest absolute Gasteiger partial charge is 0.495 e. The van der Waals surface area contributed by atoms with E-state index < -0.39 is 0 Å². The van der Waals surface area contributed by atoms with Gasteiger partial charge in [0.25, 0.3) is 0 Å². The first-order chi connectivity index (χ1) is 41.4. The SMILES string of the molecule is CCCCCCOc1ccc(-c2ccc3c(-c4c5ccc(-c6ccc(OCCCCCC)cc6)cc5c(OC)c5ccc(-c6ccc(OCCCCCC)cc6)cc45)c4cc(-c5ccc(OCCCCCC)cc5)ccc4c(OC)c3c2)cc1. The molecule has 0 unspecified atom stereocenters. The molecule has 0 atom stereocenters. The van der Waals surface area contributed by atoms with E-state index in [1.54, 1.807) is 0 Å². The molecule has 10 rings (SSSR count). The van der Waals surface area contributed by atoms with E-state index >= 15 is 0 Å². The van der Waals surface area contributed by atoms with Gasteiger partial charge in [-0.25, -0.2) is 0 Å². The van der Waals surface area contributed by atoms with Crippen molar-refractivity contribution in [3.05, 3.63) is 170 Å². The van der Waals surface area contributed by atoms with Crippen molar-refractivity contribution in [2.45, 2.75) is 130 Å². The molecule has 0 fully saturated rings. The third-order valence-electron chi connectivity index (χ3n) is 16.6. The second-order valence-electron chi connectivity index (χ2n) is 22.6. The van der Waals surface area contributed by atoms with Gasteiger partial charge in [-0.1, -0.05) is 190 Å². The van der Waals surface area contributed by atoms with Gasteiger partial charge in [0.15, 0.2) is 0 Å². The number of fused-ring (bicyclic) bond motifs is 4. The monoisotopic (exact) mass is 1120 g/mol. The van der Waals surface area contributed by atoms with Gasteiger partial charge in [-0.05, 0) is 188 Å². The summed E-state index contributed by atoms with van der Waals surface area (Å²) in [7, 11) is 3.62. The van der Waals surface area contributed by atoms with E-state index in [-0.39, 0.29) is 0 Å². The maximum atomic E-state index is 6.61. The first-order valence-corrected chi connectivity index (χ1v) is 31.5. The van der Waals surface area contributed by atoms with Gasteiger partial charge < -0.3 is 28.4 Å². The van der Waals surface area contributed by atoms with Crippen LogP contribution in [-0.2, 0) is 0 Å². The molecule has 0 radical (unpaired) electrons. The normalized spacial score (nSPS) is 11.5. The van der Waals surface area contributed by atoms with Crippen LogP contribution in [0.15, 0.2) is 170 Å². The van der Waals surface area contributed by atoms with Gasteiger partial charge in [0.2, 0.25) is 0 Å². The lowest BCUT2D eigenvalue weighted by molar-refractivity contribution is 0.305. The molecule has 6 heteroatoms. The van der Waals surface area contributed by atoms with Crippen molar-refractivity contribution in [2.24, 2.45) is 0 Å². The van der Waals surface area contributed by atoms with E-state index in [9.17, 15) is 0 Å². The fraction of sp³-hybridized carbons (Fsp3) is 0.333. The molecule has 10 aromatic rings. The number of benzene rings is 10. The molecule has 0 N–H and O–H groups in total. The summed E-state index contributed by atoms with van der Waals surface area (Å²) in [5.41, 5.74) is 11.1. The zero-order valence-corrected chi connectivity index (χ0v) is 50.8. The summed E-state index contributed by atoms with van der Waals surface area (Å²) in [5.74, 6) is 5.24. The molecule has 0 amide bonds. The van der Waals surface area contributed by atoms with Crippen LogP contribution in [-0.4, -0.2) is 40.6 Å². The molecule has 434 valence electrons. The van der Waals surface area contributed by atoms with Crippen LogP contribution in [0, 0.1) is 0 Å². The van der Waals surface area contributed by atoms with Crippen molar-refractivity contribution in [3.8, 4) is 90.1 Å². The van der Waals surface area contributed by atoms with Crippen LogP contribution >= 0.6 is 0 Å². The number of unbranched alkanes of at least 4 members (excludes halogenated alkanes) is 12. The van der Waals surface area contributed by atoms with E-state index in [0.717, 1.165) is 185 Å². The lowest BCUT2D eigenvalue weighted by Crippen LogP contribution is -1.98. The molecule has 0 saturated carbocycles. The van der Waals surface area contributed by atoms with Gasteiger partial charge in [0.1, 0.15) is 34.5 Å². The Kier molecular flexibility index (Phi) is 20.8. The van der Waals surface area contributed by atoms with Crippen LogP contribution < -0.4 is 28.4 Å². The third kappa shape index (κ3) is 14.0. The Labute approximate surface area is 500 Å². The minimum Gasteiger partial charge on any atom is -0.495 e. The summed E-state index contributed by atoms with van der Waals surface area (Å²) >= 11 is 0. The summed E-state index contributed by atoms with van der Waals surface area (Å²) in [6.07, 6.45) is 18.7. The summed E-state index contributed by atoms with van der Waals surface area (Å²) in [5, 5.41) is 8.49. The van der Waals surface area contributed by atoms with E-state index in [2.05, 4.69) is 198 Å². The molecular weight excluding hydrogens is 1030 g/mol. The van der Waals surface area contributed by atoms with Crippen LogP contribution in [0.4, 0.5) is 0 Å². The molecule has 0 aliphatic rings. The van der Waals surface area contributed by atoms with Gasteiger partial charge in [-0.2, -0.15) is 0 Å². The van der Waals surface area contributed by atoms with Gasteiger partial charge >= 0.3 is 0 Å². The minimum atomic E-state index is 0.721. The highest BCUT2D eigenvalue weighted by Crippen LogP contribution is 2.52. The van der Waals surface area contributed by atoms with Crippen LogP contribution in [0.5, 0.6) is 34.5 Å². The summed E-state index contributed by atoms with van der Waals surface area (Å²) in [6, 6.07) is 61.9. The van der Waals surface area contributed by atoms with E-state index in [4.69, 9.17) is 28.4 Å². The second kappa shape index (κ2) is 29.5. The molecule has 0 bridgehead atoms. The zero-order valence-electron chi connectivity index (χ0n) is 50.8. The van der Waals surface area contributed by atoms with Crippen LogP contribution in [0.2, 0.25) is 0 Å². The topological polar surface area (TPSA) is 55.4 Å². The molecule has 0 heterocycles. The fourth-order valence-corrected chi connectivity index (χ4v) is 11.9. The molecule has 84 heavy (non-hydrogen) atoms. The van der Waals surface area contributed by atoms with Crippen LogP contribution in [0.1, 0.15) is 130 Å². The first kappa shape index (κ1) is 59.2. The van der Waals surface area contributed by atoms with Crippen molar-refractivity contribution in [1.29, 1.82) is 0 Å². The number of methoxy groups -OCH3 is 2. The second-order valence-corrected chi connectivity index (χ2v) is 22.6.